The van der Waals surface area contributed by atoms with E-state index in [9.17, 15) is 4.79 Å². The lowest BCUT2D eigenvalue weighted by molar-refractivity contribution is -0.134. The van der Waals surface area contributed by atoms with Gasteiger partial charge in [0.25, 0.3) is 0 Å². The summed E-state index contributed by atoms with van der Waals surface area (Å²) in [5.74, 6) is 0.0388. The summed E-state index contributed by atoms with van der Waals surface area (Å²) in [5, 5.41) is 0. The molecule has 114 valence electrons. The molecular formula is C14H23Cl2N3O. The average molecular weight is 320 g/mol. The van der Waals surface area contributed by atoms with Gasteiger partial charge in [-0.1, -0.05) is 37.3 Å². The molecule has 0 spiro atoms. The Kier molecular flexibility index (Phi) is 8.81. The van der Waals surface area contributed by atoms with E-state index < -0.39 is 6.04 Å². The summed E-state index contributed by atoms with van der Waals surface area (Å²) in [4.78, 5) is 16.5. The molecule has 2 N–H and O–H groups in total. The number of carbonyl (C=O) groups is 1. The highest BCUT2D eigenvalue weighted by Gasteiger charge is 2.25. The topological polar surface area (TPSA) is 49.6 Å². The molecule has 1 saturated heterocycles. The van der Waals surface area contributed by atoms with Gasteiger partial charge in [-0.25, -0.2) is 0 Å². The fourth-order valence-corrected chi connectivity index (χ4v) is 2.28. The minimum atomic E-state index is -0.528. The zero-order valence-corrected chi connectivity index (χ0v) is 13.3. The number of carbonyl (C=O) groups excluding carboxylic acids is 1. The van der Waals surface area contributed by atoms with E-state index in [4.69, 9.17) is 5.73 Å². The van der Waals surface area contributed by atoms with E-state index in [-0.39, 0.29) is 30.7 Å². The van der Waals surface area contributed by atoms with Gasteiger partial charge in [0, 0.05) is 26.2 Å². The van der Waals surface area contributed by atoms with Gasteiger partial charge >= 0.3 is 0 Å². The van der Waals surface area contributed by atoms with Crippen LogP contribution in [0.2, 0.25) is 0 Å². The van der Waals surface area contributed by atoms with Gasteiger partial charge in [-0.3, -0.25) is 4.79 Å². The zero-order valence-electron chi connectivity index (χ0n) is 11.7. The van der Waals surface area contributed by atoms with E-state index in [1.165, 1.54) is 0 Å². The first-order chi connectivity index (χ1) is 8.72. The van der Waals surface area contributed by atoms with Crippen LogP contribution in [0.1, 0.15) is 18.5 Å². The van der Waals surface area contributed by atoms with Gasteiger partial charge in [0.05, 0.1) is 0 Å². The van der Waals surface area contributed by atoms with Crippen LogP contribution in [-0.4, -0.2) is 48.4 Å². The third-order valence-corrected chi connectivity index (χ3v) is 3.56. The summed E-state index contributed by atoms with van der Waals surface area (Å²) in [6, 6.07) is 9.05. The number of hydrogen-bond donors (Lipinski definition) is 1. The number of nitrogens with zero attached hydrogens (tertiary/aromatic N) is 2. The maximum absolute atomic E-state index is 12.3. The molecule has 6 heteroatoms. The van der Waals surface area contributed by atoms with Gasteiger partial charge in [-0.05, 0) is 12.1 Å². The summed E-state index contributed by atoms with van der Waals surface area (Å²) in [6.45, 7) is 6.66. The van der Waals surface area contributed by atoms with Crippen molar-refractivity contribution in [1.29, 1.82) is 0 Å². The second-order valence-electron chi connectivity index (χ2n) is 4.65. The Morgan fingerprint density at radius 3 is 2.20 bits per heavy atom. The Labute approximate surface area is 133 Å². The molecule has 1 atom stereocenters. The highest BCUT2D eigenvalue weighted by atomic mass is 35.5. The lowest BCUT2D eigenvalue weighted by Crippen LogP contribution is -2.50. The monoisotopic (exact) mass is 319 g/mol. The van der Waals surface area contributed by atoms with Gasteiger partial charge < -0.3 is 15.5 Å². The van der Waals surface area contributed by atoms with Gasteiger partial charge in [-0.2, -0.15) is 0 Å². The predicted octanol–water partition coefficient (Wildman–Crippen LogP) is 1.69. The Morgan fingerprint density at radius 2 is 1.70 bits per heavy atom. The van der Waals surface area contributed by atoms with Crippen LogP contribution < -0.4 is 5.73 Å². The first-order valence-corrected chi connectivity index (χ1v) is 6.54. The Balaban J connectivity index is 0.00000180. The number of piperazine rings is 1. The molecule has 20 heavy (non-hydrogen) atoms. The average Bonchev–Trinajstić information content (AvgIpc) is 2.47. The highest BCUT2D eigenvalue weighted by molar-refractivity contribution is 5.85. The lowest BCUT2D eigenvalue weighted by atomic mass is 10.1. The van der Waals surface area contributed by atoms with Crippen LogP contribution in [0, 0.1) is 0 Å². The van der Waals surface area contributed by atoms with Crippen LogP contribution in [0.15, 0.2) is 30.3 Å². The van der Waals surface area contributed by atoms with Crippen molar-refractivity contribution < 1.29 is 4.79 Å². The van der Waals surface area contributed by atoms with Crippen LogP contribution in [0.4, 0.5) is 0 Å². The lowest BCUT2D eigenvalue weighted by Gasteiger charge is -2.35. The first kappa shape index (κ1) is 19.2. The molecule has 0 radical (unpaired) electrons. The third-order valence-electron chi connectivity index (χ3n) is 3.56. The quantitative estimate of drug-likeness (QED) is 0.922. The molecule has 4 nitrogen and oxygen atoms in total. The summed E-state index contributed by atoms with van der Waals surface area (Å²) < 4.78 is 0. The molecule has 0 saturated carbocycles. The van der Waals surface area contributed by atoms with E-state index in [1.54, 1.807) is 0 Å². The molecule has 0 aliphatic carbocycles. The van der Waals surface area contributed by atoms with E-state index in [2.05, 4.69) is 11.8 Å². The number of rotatable bonds is 3. The number of nitrogens with two attached hydrogens (primary N) is 1. The molecule has 1 aliphatic heterocycles. The fourth-order valence-electron chi connectivity index (χ4n) is 2.28. The number of benzene rings is 1. The van der Waals surface area contributed by atoms with Crippen molar-refractivity contribution in [2.75, 3.05) is 32.7 Å². The van der Waals surface area contributed by atoms with Crippen molar-refractivity contribution in [2.24, 2.45) is 5.73 Å². The molecule has 1 aromatic carbocycles. The number of halogens is 2. The van der Waals surface area contributed by atoms with Crippen molar-refractivity contribution in [3.05, 3.63) is 35.9 Å². The van der Waals surface area contributed by atoms with Gasteiger partial charge in [-0.15, -0.1) is 24.8 Å². The van der Waals surface area contributed by atoms with Crippen LogP contribution in [0.3, 0.4) is 0 Å². The minimum absolute atomic E-state index is 0. The Bertz CT molecular complexity index is 395. The first-order valence-electron chi connectivity index (χ1n) is 6.54. The maximum Gasteiger partial charge on any atom is 0.244 e. The molecule has 1 aliphatic rings. The normalized spacial score (nSPS) is 16.8. The molecule has 1 unspecified atom stereocenters. The van der Waals surface area contributed by atoms with Crippen molar-refractivity contribution in [1.82, 2.24) is 9.80 Å². The summed E-state index contributed by atoms with van der Waals surface area (Å²) in [6.07, 6.45) is 0. The summed E-state index contributed by atoms with van der Waals surface area (Å²) in [7, 11) is 0. The predicted molar refractivity (Wildman–Crippen MR) is 86.6 cm³/mol. The zero-order chi connectivity index (χ0) is 13.0. The molecule has 1 heterocycles. The maximum atomic E-state index is 12.3. The molecule has 1 aromatic rings. The Morgan fingerprint density at radius 1 is 1.15 bits per heavy atom. The molecule has 0 bridgehead atoms. The number of likely N-dealkylation sites (N-methyl/N-ethyl adjacent to an activating group) is 1. The summed E-state index contributed by atoms with van der Waals surface area (Å²) >= 11 is 0. The van der Waals surface area contributed by atoms with E-state index in [1.807, 2.05) is 35.2 Å². The van der Waals surface area contributed by atoms with Crippen molar-refractivity contribution >= 4 is 30.7 Å². The molecule has 1 fully saturated rings. The third kappa shape index (κ3) is 4.63. The number of hydrogen-bond acceptors (Lipinski definition) is 3. The van der Waals surface area contributed by atoms with E-state index >= 15 is 0 Å². The second-order valence-corrected chi connectivity index (χ2v) is 4.65. The highest BCUT2D eigenvalue weighted by Crippen LogP contribution is 2.14. The van der Waals surface area contributed by atoms with Crippen molar-refractivity contribution in [3.8, 4) is 0 Å². The van der Waals surface area contributed by atoms with E-state index in [0.29, 0.717) is 0 Å². The standard InChI is InChI=1S/C14H21N3O.2ClH/c1-2-16-8-10-17(11-9-16)14(18)13(15)12-6-4-3-5-7-12;;/h3-7,13H,2,8-11,15H2,1H3;2*1H. The number of amides is 1. The van der Waals surface area contributed by atoms with Crippen LogP contribution in [0.5, 0.6) is 0 Å². The van der Waals surface area contributed by atoms with Crippen molar-refractivity contribution in [2.45, 2.75) is 13.0 Å². The molecule has 1 amide bonds. The summed E-state index contributed by atoms with van der Waals surface area (Å²) in [5.41, 5.74) is 6.92. The van der Waals surface area contributed by atoms with Gasteiger partial charge in [0.15, 0.2) is 0 Å². The van der Waals surface area contributed by atoms with Crippen molar-refractivity contribution in [3.63, 3.8) is 0 Å². The minimum Gasteiger partial charge on any atom is -0.338 e. The largest absolute Gasteiger partial charge is 0.338 e. The fraction of sp³-hybridized carbons (Fsp3) is 0.500. The Hall–Kier alpha value is -0.810. The smallest absolute Gasteiger partial charge is 0.244 e. The molecule has 2 rings (SSSR count). The van der Waals surface area contributed by atoms with E-state index in [0.717, 1.165) is 38.3 Å². The van der Waals surface area contributed by atoms with Gasteiger partial charge in [0.1, 0.15) is 6.04 Å². The van der Waals surface area contributed by atoms with Gasteiger partial charge in [0.2, 0.25) is 5.91 Å². The SMILES string of the molecule is CCN1CCN(C(=O)C(N)c2ccccc2)CC1.Cl.Cl. The van der Waals surface area contributed by atoms with Crippen LogP contribution >= 0.6 is 24.8 Å². The van der Waals surface area contributed by atoms with Crippen LogP contribution in [-0.2, 0) is 4.79 Å². The molecular weight excluding hydrogens is 297 g/mol. The van der Waals surface area contributed by atoms with Crippen LogP contribution in [0.25, 0.3) is 0 Å². The second kappa shape index (κ2) is 9.19. The molecule has 0 aromatic heterocycles.